The lowest BCUT2D eigenvalue weighted by atomic mass is 10.2. The zero-order chi connectivity index (χ0) is 11.7. The molecular formula is C10H8Cl2FN3. The van der Waals surface area contributed by atoms with Crippen LogP contribution >= 0.6 is 23.2 Å². The van der Waals surface area contributed by atoms with Gasteiger partial charge in [0, 0.05) is 12.1 Å². The summed E-state index contributed by atoms with van der Waals surface area (Å²) < 4.78 is 15.2. The third-order valence-electron chi connectivity index (χ3n) is 2.25. The van der Waals surface area contributed by atoms with Gasteiger partial charge in [-0.1, -0.05) is 11.6 Å². The van der Waals surface area contributed by atoms with Crippen molar-refractivity contribution in [1.82, 2.24) is 14.8 Å². The molecule has 3 nitrogen and oxygen atoms in total. The molecule has 2 rings (SSSR count). The maximum atomic E-state index is 13.6. The number of hydrogen-bond acceptors (Lipinski definition) is 2. The zero-order valence-corrected chi connectivity index (χ0v) is 9.93. The molecule has 0 atom stereocenters. The van der Waals surface area contributed by atoms with Gasteiger partial charge >= 0.3 is 0 Å². The van der Waals surface area contributed by atoms with Gasteiger partial charge in [0.1, 0.15) is 11.6 Å². The van der Waals surface area contributed by atoms with Gasteiger partial charge in [0.15, 0.2) is 5.82 Å². The van der Waals surface area contributed by atoms with Gasteiger partial charge in [-0.25, -0.2) is 4.39 Å². The molecular weight excluding hydrogens is 252 g/mol. The Bertz CT molecular complexity index is 525. The van der Waals surface area contributed by atoms with Gasteiger partial charge in [-0.15, -0.1) is 21.8 Å². The molecule has 0 saturated carbocycles. The maximum Gasteiger partial charge on any atom is 0.166 e. The second kappa shape index (κ2) is 4.39. The van der Waals surface area contributed by atoms with Gasteiger partial charge in [0.2, 0.25) is 0 Å². The SMILES string of the molecule is Cn1c(CCl)nnc1-c1cc(Cl)ccc1F. The average molecular weight is 260 g/mol. The number of halogens is 3. The summed E-state index contributed by atoms with van der Waals surface area (Å²) in [6, 6.07) is 4.30. The van der Waals surface area contributed by atoms with Crippen LogP contribution in [0.15, 0.2) is 18.2 Å². The fourth-order valence-electron chi connectivity index (χ4n) is 1.38. The first kappa shape index (κ1) is 11.4. The molecule has 0 aliphatic heterocycles. The minimum atomic E-state index is -0.388. The lowest BCUT2D eigenvalue weighted by molar-refractivity contribution is 0.628. The highest BCUT2D eigenvalue weighted by Crippen LogP contribution is 2.24. The van der Waals surface area contributed by atoms with E-state index in [9.17, 15) is 4.39 Å². The summed E-state index contributed by atoms with van der Waals surface area (Å²) in [6.45, 7) is 0. The molecule has 0 radical (unpaired) electrons. The zero-order valence-electron chi connectivity index (χ0n) is 8.41. The van der Waals surface area contributed by atoms with Crippen molar-refractivity contribution in [3.63, 3.8) is 0 Å². The summed E-state index contributed by atoms with van der Waals surface area (Å²) in [6.07, 6.45) is 0. The highest BCUT2D eigenvalue weighted by Gasteiger charge is 2.14. The van der Waals surface area contributed by atoms with Crippen molar-refractivity contribution in [2.24, 2.45) is 7.05 Å². The van der Waals surface area contributed by atoms with Gasteiger partial charge in [-0.3, -0.25) is 0 Å². The van der Waals surface area contributed by atoms with Crippen molar-refractivity contribution in [1.29, 1.82) is 0 Å². The quantitative estimate of drug-likeness (QED) is 0.777. The molecule has 6 heteroatoms. The lowest BCUT2D eigenvalue weighted by Crippen LogP contribution is -1.98. The van der Waals surface area contributed by atoms with E-state index in [1.807, 2.05) is 0 Å². The molecule has 1 heterocycles. The topological polar surface area (TPSA) is 30.7 Å². The van der Waals surface area contributed by atoms with Gasteiger partial charge in [0.05, 0.1) is 11.4 Å². The molecule has 1 aromatic heterocycles. The average Bonchev–Trinajstić information content (AvgIpc) is 2.63. The van der Waals surface area contributed by atoms with Crippen molar-refractivity contribution < 1.29 is 4.39 Å². The first-order chi connectivity index (χ1) is 7.63. The molecule has 0 amide bonds. The second-order valence-corrected chi connectivity index (χ2v) is 3.96. The van der Waals surface area contributed by atoms with Gasteiger partial charge in [0.25, 0.3) is 0 Å². The molecule has 0 aliphatic rings. The predicted octanol–water partition coefficient (Wildman–Crippen LogP) is 3.01. The van der Waals surface area contributed by atoms with E-state index in [2.05, 4.69) is 10.2 Å². The van der Waals surface area contributed by atoms with Crippen LogP contribution < -0.4 is 0 Å². The first-order valence-electron chi connectivity index (χ1n) is 4.53. The van der Waals surface area contributed by atoms with Gasteiger partial charge < -0.3 is 4.57 Å². The van der Waals surface area contributed by atoms with E-state index in [4.69, 9.17) is 23.2 Å². The highest BCUT2D eigenvalue weighted by molar-refractivity contribution is 6.30. The molecule has 1 aromatic carbocycles. The Morgan fingerprint density at radius 3 is 2.75 bits per heavy atom. The fraction of sp³-hybridized carbons (Fsp3) is 0.200. The van der Waals surface area contributed by atoms with Crippen LogP contribution in [0.3, 0.4) is 0 Å². The molecule has 0 fully saturated rings. The Kier molecular flexibility index (Phi) is 3.12. The highest BCUT2D eigenvalue weighted by atomic mass is 35.5. The van der Waals surface area contributed by atoms with Crippen molar-refractivity contribution in [3.8, 4) is 11.4 Å². The van der Waals surface area contributed by atoms with Gasteiger partial charge in [-0.2, -0.15) is 0 Å². The third-order valence-corrected chi connectivity index (χ3v) is 2.73. The molecule has 0 bridgehead atoms. The number of benzene rings is 1. The van der Waals surface area contributed by atoms with Crippen LogP contribution in [0.25, 0.3) is 11.4 Å². The number of nitrogens with zero attached hydrogens (tertiary/aromatic N) is 3. The van der Waals surface area contributed by atoms with E-state index in [-0.39, 0.29) is 11.7 Å². The monoisotopic (exact) mass is 259 g/mol. The van der Waals surface area contributed by atoms with Crippen molar-refractivity contribution >= 4 is 23.2 Å². The molecule has 0 N–H and O–H groups in total. The van der Waals surface area contributed by atoms with E-state index in [0.717, 1.165) is 0 Å². The Hall–Kier alpha value is -1.13. The first-order valence-corrected chi connectivity index (χ1v) is 5.44. The lowest BCUT2D eigenvalue weighted by Gasteiger charge is -2.04. The summed E-state index contributed by atoms with van der Waals surface area (Å²) in [5, 5.41) is 8.19. The van der Waals surface area contributed by atoms with Crippen LogP contribution in [0.5, 0.6) is 0 Å². The molecule has 16 heavy (non-hydrogen) atoms. The second-order valence-electron chi connectivity index (χ2n) is 3.26. The number of aromatic nitrogens is 3. The van der Waals surface area contributed by atoms with E-state index in [1.165, 1.54) is 18.2 Å². The van der Waals surface area contributed by atoms with Crippen LogP contribution in [-0.2, 0) is 12.9 Å². The molecule has 84 valence electrons. The van der Waals surface area contributed by atoms with E-state index in [0.29, 0.717) is 22.2 Å². The van der Waals surface area contributed by atoms with Crippen LogP contribution in [0.1, 0.15) is 5.82 Å². The molecule has 0 aliphatic carbocycles. The largest absolute Gasteiger partial charge is 0.313 e. The van der Waals surface area contributed by atoms with E-state index < -0.39 is 0 Å². The van der Waals surface area contributed by atoms with Crippen LogP contribution in [0.2, 0.25) is 5.02 Å². The number of hydrogen-bond donors (Lipinski definition) is 0. The smallest absolute Gasteiger partial charge is 0.166 e. The Labute approximate surface area is 102 Å². The molecule has 0 spiro atoms. The molecule has 2 aromatic rings. The molecule has 0 saturated heterocycles. The maximum absolute atomic E-state index is 13.6. The van der Waals surface area contributed by atoms with Crippen LogP contribution in [0.4, 0.5) is 4.39 Å². The van der Waals surface area contributed by atoms with Crippen molar-refractivity contribution in [3.05, 3.63) is 34.9 Å². The van der Waals surface area contributed by atoms with Gasteiger partial charge in [-0.05, 0) is 18.2 Å². The van der Waals surface area contributed by atoms with Crippen molar-refractivity contribution in [2.75, 3.05) is 0 Å². The minimum Gasteiger partial charge on any atom is -0.313 e. The van der Waals surface area contributed by atoms with Crippen LogP contribution in [0, 0.1) is 5.82 Å². The van der Waals surface area contributed by atoms with E-state index in [1.54, 1.807) is 11.6 Å². The number of alkyl halides is 1. The molecule has 0 unspecified atom stereocenters. The summed E-state index contributed by atoms with van der Waals surface area (Å²) in [4.78, 5) is 0. The minimum absolute atomic E-state index is 0.228. The third kappa shape index (κ3) is 1.90. The Balaban J connectivity index is 2.58. The predicted molar refractivity (Wildman–Crippen MR) is 61.0 cm³/mol. The number of rotatable bonds is 2. The normalized spacial score (nSPS) is 10.8. The fourth-order valence-corrected chi connectivity index (χ4v) is 1.79. The van der Waals surface area contributed by atoms with E-state index >= 15 is 0 Å². The summed E-state index contributed by atoms with van der Waals surface area (Å²) in [7, 11) is 1.73. The standard InChI is InChI=1S/C10H8Cl2FN3/c1-16-9(5-11)14-15-10(16)7-4-6(12)2-3-8(7)13/h2-4H,5H2,1H3. The summed E-state index contributed by atoms with van der Waals surface area (Å²) in [5.41, 5.74) is 0.318. The summed E-state index contributed by atoms with van der Waals surface area (Å²) >= 11 is 11.5. The Morgan fingerprint density at radius 1 is 1.38 bits per heavy atom. The summed E-state index contributed by atoms with van der Waals surface area (Å²) in [5.74, 6) is 0.832. The van der Waals surface area contributed by atoms with Crippen LogP contribution in [-0.4, -0.2) is 14.8 Å². The van der Waals surface area contributed by atoms with Crippen molar-refractivity contribution in [2.45, 2.75) is 5.88 Å². The Morgan fingerprint density at radius 2 is 2.12 bits per heavy atom.